The zero-order chi connectivity index (χ0) is 26.9. The second-order valence-corrected chi connectivity index (χ2v) is 8.56. The van der Waals surface area contributed by atoms with Gasteiger partial charge in [-0.3, -0.25) is 9.59 Å². The van der Waals surface area contributed by atoms with Gasteiger partial charge in [-0.25, -0.2) is 24.2 Å². The van der Waals surface area contributed by atoms with Crippen molar-refractivity contribution in [2.24, 2.45) is 0 Å². The molecule has 0 aliphatic carbocycles. The molecule has 14 nitrogen and oxygen atoms in total. The van der Waals surface area contributed by atoms with Crippen molar-refractivity contribution in [1.82, 2.24) is 26.1 Å². The molecular formula is C22H29N5O9. The molecule has 1 aromatic carbocycles. The molecular weight excluding hydrogens is 478 g/mol. The second-order valence-electron chi connectivity index (χ2n) is 8.56. The highest BCUT2D eigenvalue weighted by Crippen LogP contribution is 2.12. The summed E-state index contributed by atoms with van der Waals surface area (Å²) < 4.78 is 9.97. The largest absolute Gasteiger partial charge is 0.444 e. The first-order chi connectivity index (χ1) is 16.9. The lowest BCUT2D eigenvalue weighted by atomic mass is 10.2. The lowest BCUT2D eigenvalue weighted by Crippen LogP contribution is -2.51. The first-order valence-electron chi connectivity index (χ1n) is 10.9. The first-order valence-corrected chi connectivity index (χ1v) is 10.9. The zero-order valence-corrected chi connectivity index (χ0v) is 20.4. The molecule has 0 radical (unpaired) electrons. The highest BCUT2D eigenvalue weighted by atomic mass is 16.7. The molecule has 3 N–H and O–H groups in total. The van der Waals surface area contributed by atoms with E-state index < -0.39 is 60.6 Å². The lowest BCUT2D eigenvalue weighted by molar-refractivity contribution is -0.158. The average Bonchev–Trinajstić information content (AvgIpc) is 3.07. The number of carbonyl (C=O) groups is 6. The average molecular weight is 508 g/mol. The number of ether oxygens (including phenoxy) is 2. The number of benzene rings is 1. The summed E-state index contributed by atoms with van der Waals surface area (Å²) in [7, 11) is 0. The summed E-state index contributed by atoms with van der Waals surface area (Å²) in [6, 6.07) is 6.75. The number of carbonyl (C=O) groups excluding carboxylic acids is 6. The number of hydrogen-bond acceptors (Lipinski definition) is 9. The van der Waals surface area contributed by atoms with Crippen LogP contribution in [0.1, 0.15) is 39.7 Å². The van der Waals surface area contributed by atoms with Crippen LogP contribution in [0.5, 0.6) is 0 Å². The minimum Gasteiger partial charge on any atom is -0.444 e. The van der Waals surface area contributed by atoms with Crippen LogP contribution in [0.2, 0.25) is 0 Å². The summed E-state index contributed by atoms with van der Waals surface area (Å²) in [6.45, 7) is 5.36. The van der Waals surface area contributed by atoms with Gasteiger partial charge in [-0.05, 0) is 26.3 Å². The van der Waals surface area contributed by atoms with Crippen LogP contribution in [-0.4, -0.2) is 70.8 Å². The molecule has 1 atom stereocenters. The molecule has 1 aromatic rings. The number of urea groups is 1. The maximum absolute atomic E-state index is 12.7. The van der Waals surface area contributed by atoms with Gasteiger partial charge in [0.05, 0.1) is 19.5 Å². The van der Waals surface area contributed by atoms with Crippen LogP contribution in [0.15, 0.2) is 30.3 Å². The van der Waals surface area contributed by atoms with Crippen molar-refractivity contribution < 1.29 is 43.1 Å². The van der Waals surface area contributed by atoms with E-state index in [2.05, 4.69) is 15.5 Å². The number of nitrogens with zero attached hydrogens (tertiary/aromatic N) is 2. The Bertz CT molecular complexity index is 993. The van der Waals surface area contributed by atoms with E-state index in [0.717, 1.165) is 17.5 Å². The molecule has 2 rings (SSSR count). The van der Waals surface area contributed by atoms with Crippen LogP contribution >= 0.6 is 0 Å². The van der Waals surface area contributed by atoms with E-state index in [1.54, 1.807) is 51.1 Å². The van der Waals surface area contributed by atoms with Crippen LogP contribution < -0.4 is 16.1 Å². The van der Waals surface area contributed by atoms with Crippen LogP contribution in [0.25, 0.3) is 0 Å². The summed E-state index contributed by atoms with van der Waals surface area (Å²) >= 11 is 0. The van der Waals surface area contributed by atoms with Gasteiger partial charge in [0.15, 0.2) is 0 Å². The van der Waals surface area contributed by atoms with Gasteiger partial charge >= 0.3 is 24.2 Å². The minimum absolute atomic E-state index is 0.0432. The molecule has 14 heteroatoms. The molecule has 196 valence electrons. The number of hydroxylamine groups is 1. The zero-order valence-electron chi connectivity index (χ0n) is 20.4. The Kier molecular flexibility index (Phi) is 9.58. The number of alkyl carbamates (subject to hydrolysis) is 1. The van der Waals surface area contributed by atoms with Gasteiger partial charge in [-0.15, -0.1) is 5.48 Å². The summed E-state index contributed by atoms with van der Waals surface area (Å²) in [5, 5.41) is 6.00. The molecule has 1 saturated heterocycles. The number of nitrogens with one attached hydrogen (secondary N) is 3. The second kappa shape index (κ2) is 12.4. The molecule has 1 heterocycles. The van der Waals surface area contributed by atoms with Crippen molar-refractivity contribution in [2.75, 3.05) is 13.1 Å². The highest BCUT2D eigenvalue weighted by Gasteiger charge is 2.43. The SMILES string of the molecule is CC(=O)N(CCC(=O)ONC(=O)OCc1ccccc1)N1C(=O)N[C@@H](CNC(=O)OC(C)(C)C)C1=O. The molecule has 0 aromatic heterocycles. The van der Waals surface area contributed by atoms with Crippen molar-refractivity contribution in [2.45, 2.75) is 52.4 Å². The Balaban J connectivity index is 1.82. The fourth-order valence-electron chi connectivity index (χ4n) is 2.88. The van der Waals surface area contributed by atoms with E-state index in [9.17, 15) is 28.8 Å². The Morgan fingerprint density at radius 2 is 1.75 bits per heavy atom. The Morgan fingerprint density at radius 3 is 2.36 bits per heavy atom. The third kappa shape index (κ3) is 8.77. The predicted molar refractivity (Wildman–Crippen MR) is 121 cm³/mol. The summed E-state index contributed by atoms with van der Waals surface area (Å²) in [5.74, 6) is -2.47. The highest BCUT2D eigenvalue weighted by molar-refractivity contribution is 6.05. The molecule has 0 spiro atoms. The van der Waals surface area contributed by atoms with Gasteiger partial charge in [-0.1, -0.05) is 30.3 Å². The fourth-order valence-corrected chi connectivity index (χ4v) is 2.88. The molecule has 1 aliphatic rings. The van der Waals surface area contributed by atoms with Crippen molar-refractivity contribution >= 4 is 36.0 Å². The number of hydrogen-bond donors (Lipinski definition) is 3. The smallest absolute Gasteiger partial charge is 0.441 e. The topological polar surface area (TPSA) is 173 Å². The van der Waals surface area contributed by atoms with Crippen molar-refractivity contribution in [1.29, 1.82) is 0 Å². The van der Waals surface area contributed by atoms with Crippen LogP contribution in [0.4, 0.5) is 14.4 Å². The number of hydrazine groups is 1. The Hall–Kier alpha value is -4.36. The third-order valence-electron chi connectivity index (χ3n) is 4.44. The van der Waals surface area contributed by atoms with Crippen molar-refractivity contribution in [3.05, 3.63) is 35.9 Å². The molecule has 0 saturated carbocycles. The molecule has 1 fully saturated rings. The van der Waals surface area contributed by atoms with E-state index >= 15 is 0 Å². The van der Waals surface area contributed by atoms with Gasteiger partial charge in [0, 0.05) is 6.92 Å². The van der Waals surface area contributed by atoms with Gasteiger partial charge in [0.1, 0.15) is 18.2 Å². The van der Waals surface area contributed by atoms with Crippen LogP contribution in [-0.2, 0) is 35.3 Å². The van der Waals surface area contributed by atoms with Gasteiger partial charge in [0.25, 0.3) is 5.91 Å². The summed E-state index contributed by atoms with van der Waals surface area (Å²) in [6.07, 6.45) is -2.26. The minimum atomic E-state index is -1.15. The van der Waals surface area contributed by atoms with Crippen LogP contribution in [0.3, 0.4) is 0 Å². The molecule has 0 bridgehead atoms. The van der Waals surface area contributed by atoms with Crippen LogP contribution in [0, 0.1) is 0 Å². The van der Waals surface area contributed by atoms with E-state index in [4.69, 9.17) is 9.47 Å². The van der Waals surface area contributed by atoms with Crippen molar-refractivity contribution in [3.63, 3.8) is 0 Å². The van der Waals surface area contributed by atoms with E-state index in [-0.39, 0.29) is 13.2 Å². The number of rotatable bonds is 8. The Labute approximate surface area is 207 Å². The summed E-state index contributed by atoms with van der Waals surface area (Å²) in [5.41, 5.74) is 1.79. The maximum Gasteiger partial charge on any atom is 0.441 e. The molecule has 36 heavy (non-hydrogen) atoms. The van der Waals surface area contributed by atoms with E-state index in [0.29, 0.717) is 5.01 Å². The van der Waals surface area contributed by atoms with Gasteiger partial charge < -0.3 is 24.9 Å². The summed E-state index contributed by atoms with van der Waals surface area (Å²) in [4.78, 5) is 77.1. The van der Waals surface area contributed by atoms with Gasteiger partial charge in [-0.2, -0.15) is 5.01 Å². The van der Waals surface area contributed by atoms with Gasteiger partial charge in [0.2, 0.25) is 5.91 Å². The quantitative estimate of drug-likeness (QED) is 0.263. The molecule has 6 amide bonds. The standard InChI is InChI=1S/C22H29N5O9/c1-14(28)26(11-10-17(29)36-25-21(33)34-13-15-8-6-5-7-9-15)27-18(30)16(24-19(27)31)12-23-20(32)35-22(2,3)4/h5-9,16H,10-13H2,1-4H3,(H,23,32)(H,24,31)(H,25,33)/t16-/m0/s1. The first kappa shape index (κ1) is 27.9. The predicted octanol–water partition coefficient (Wildman–Crippen LogP) is 0.970. The van der Waals surface area contributed by atoms with E-state index in [1.165, 1.54) is 0 Å². The van der Waals surface area contributed by atoms with E-state index in [1.807, 2.05) is 5.48 Å². The number of amides is 6. The maximum atomic E-state index is 12.7. The molecule has 0 unspecified atom stereocenters. The molecule has 1 aliphatic heterocycles. The normalized spacial score (nSPS) is 15.0. The monoisotopic (exact) mass is 507 g/mol. The third-order valence-corrected chi connectivity index (χ3v) is 4.44. The number of imide groups is 1. The Morgan fingerprint density at radius 1 is 1.08 bits per heavy atom. The fraction of sp³-hybridized carbons (Fsp3) is 0.455. The lowest BCUT2D eigenvalue weighted by Gasteiger charge is -2.27. The van der Waals surface area contributed by atoms with Crippen molar-refractivity contribution in [3.8, 4) is 0 Å².